The van der Waals surface area contributed by atoms with Gasteiger partial charge in [0.2, 0.25) is 0 Å². The smallest absolute Gasteiger partial charge is 0.171 e. The SMILES string of the molecule is O=C(Cc1cccc(Cl)c1F)c1c(F)cccc1Cl. The maximum Gasteiger partial charge on any atom is 0.171 e. The summed E-state index contributed by atoms with van der Waals surface area (Å²) < 4.78 is 27.2. The maximum atomic E-state index is 13.7. The molecule has 0 aliphatic rings. The second-order valence-electron chi connectivity index (χ2n) is 3.91. The van der Waals surface area contributed by atoms with Crippen LogP contribution in [0.15, 0.2) is 36.4 Å². The van der Waals surface area contributed by atoms with E-state index in [1.165, 1.54) is 30.3 Å². The highest BCUT2D eigenvalue weighted by atomic mass is 35.5. The van der Waals surface area contributed by atoms with E-state index in [9.17, 15) is 13.6 Å². The maximum absolute atomic E-state index is 13.7. The van der Waals surface area contributed by atoms with Gasteiger partial charge in [-0.2, -0.15) is 0 Å². The number of hydrogen-bond donors (Lipinski definition) is 0. The molecule has 0 aliphatic carbocycles. The van der Waals surface area contributed by atoms with Crippen LogP contribution in [-0.4, -0.2) is 5.78 Å². The van der Waals surface area contributed by atoms with Gasteiger partial charge in [-0.25, -0.2) is 8.78 Å². The number of ketones is 1. The third-order valence-corrected chi connectivity index (χ3v) is 3.23. The Kier molecular flexibility index (Phi) is 4.17. The lowest BCUT2D eigenvalue weighted by Gasteiger charge is -2.06. The molecular formula is C14H8Cl2F2O. The van der Waals surface area contributed by atoms with Gasteiger partial charge in [0.25, 0.3) is 0 Å². The number of carbonyl (C=O) groups is 1. The highest BCUT2D eigenvalue weighted by Crippen LogP contribution is 2.23. The van der Waals surface area contributed by atoms with Gasteiger partial charge < -0.3 is 0 Å². The van der Waals surface area contributed by atoms with Gasteiger partial charge in [-0.3, -0.25) is 4.79 Å². The summed E-state index contributed by atoms with van der Waals surface area (Å²) in [6.07, 6.45) is -0.299. The molecule has 2 aromatic carbocycles. The lowest BCUT2D eigenvalue weighted by Crippen LogP contribution is -2.08. The second kappa shape index (κ2) is 5.68. The molecule has 0 aromatic heterocycles. The summed E-state index contributed by atoms with van der Waals surface area (Å²) >= 11 is 11.4. The normalized spacial score (nSPS) is 10.5. The number of rotatable bonds is 3. The van der Waals surface area contributed by atoms with Crippen LogP contribution < -0.4 is 0 Å². The van der Waals surface area contributed by atoms with E-state index >= 15 is 0 Å². The predicted molar refractivity (Wildman–Crippen MR) is 70.9 cm³/mol. The predicted octanol–water partition coefficient (Wildman–Crippen LogP) is 4.70. The van der Waals surface area contributed by atoms with E-state index in [0.29, 0.717) is 0 Å². The minimum absolute atomic E-state index is 0.00689. The second-order valence-corrected chi connectivity index (χ2v) is 4.72. The lowest BCUT2D eigenvalue weighted by atomic mass is 10.0. The van der Waals surface area contributed by atoms with Crippen LogP contribution in [0.1, 0.15) is 15.9 Å². The van der Waals surface area contributed by atoms with Gasteiger partial charge in [0.1, 0.15) is 11.6 Å². The first-order chi connectivity index (χ1) is 9.00. The Labute approximate surface area is 118 Å². The van der Waals surface area contributed by atoms with Crippen molar-refractivity contribution < 1.29 is 13.6 Å². The van der Waals surface area contributed by atoms with E-state index in [1.807, 2.05) is 0 Å². The zero-order valence-electron chi connectivity index (χ0n) is 9.59. The van der Waals surface area contributed by atoms with Gasteiger partial charge in [-0.05, 0) is 23.8 Å². The minimum Gasteiger partial charge on any atom is -0.294 e. The van der Waals surface area contributed by atoms with Crippen molar-refractivity contribution in [2.45, 2.75) is 6.42 Å². The van der Waals surface area contributed by atoms with Gasteiger partial charge in [0.15, 0.2) is 5.78 Å². The van der Waals surface area contributed by atoms with E-state index in [-0.39, 0.29) is 27.6 Å². The molecule has 0 heterocycles. The molecule has 19 heavy (non-hydrogen) atoms. The summed E-state index contributed by atoms with van der Waals surface area (Å²) in [5, 5.41) is -0.0719. The number of carbonyl (C=O) groups excluding carboxylic acids is 1. The van der Waals surface area contributed by atoms with Gasteiger partial charge in [0, 0.05) is 6.42 Å². The molecule has 0 radical (unpaired) electrons. The van der Waals surface area contributed by atoms with Crippen molar-refractivity contribution in [2.24, 2.45) is 0 Å². The highest BCUT2D eigenvalue weighted by molar-refractivity contribution is 6.34. The molecule has 0 fully saturated rings. The molecule has 0 saturated carbocycles. The molecule has 0 unspecified atom stereocenters. The molecule has 98 valence electrons. The molecule has 0 amide bonds. The Hall–Kier alpha value is -1.45. The van der Waals surface area contributed by atoms with Crippen molar-refractivity contribution in [2.75, 3.05) is 0 Å². The lowest BCUT2D eigenvalue weighted by molar-refractivity contribution is 0.0988. The standard InChI is InChI=1S/C14H8Cl2F2O/c15-9-4-2-6-11(17)13(9)12(19)7-8-3-1-5-10(16)14(8)18/h1-6H,7H2. The minimum atomic E-state index is -0.722. The summed E-state index contributed by atoms with van der Waals surface area (Å²) in [5.41, 5.74) is -0.125. The summed E-state index contributed by atoms with van der Waals surface area (Å²) in [7, 11) is 0. The number of hydrogen-bond acceptors (Lipinski definition) is 1. The number of benzene rings is 2. The molecule has 0 aliphatic heterocycles. The average molecular weight is 301 g/mol. The fourth-order valence-corrected chi connectivity index (χ4v) is 2.17. The van der Waals surface area contributed by atoms with Crippen LogP contribution in [-0.2, 0) is 6.42 Å². The van der Waals surface area contributed by atoms with Gasteiger partial charge in [0.05, 0.1) is 15.6 Å². The largest absolute Gasteiger partial charge is 0.294 e. The van der Waals surface area contributed by atoms with Crippen LogP contribution in [0.2, 0.25) is 10.0 Å². The van der Waals surface area contributed by atoms with Crippen molar-refractivity contribution in [1.82, 2.24) is 0 Å². The van der Waals surface area contributed by atoms with Crippen LogP contribution in [0.5, 0.6) is 0 Å². The Morgan fingerprint density at radius 3 is 2.32 bits per heavy atom. The summed E-state index contributed by atoms with van der Waals surface area (Å²) in [6, 6.07) is 8.26. The van der Waals surface area contributed by atoms with E-state index in [4.69, 9.17) is 23.2 Å². The topological polar surface area (TPSA) is 17.1 Å². The zero-order chi connectivity index (χ0) is 14.0. The van der Waals surface area contributed by atoms with Crippen LogP contribution >= 0.6 is 23.2 Å². The molecule has 2 rings (SSSR count). The van der Waals surface area contributed by atoms with Crippen LogP contribution in [0.4, 0.5) is 8.78 Å². The molecule has 0 spiro atoms. The van der Waals surface area contributed by atoms with Gasteiger partial charge >= 0.3 is 0 Å². The Morgan fingerprint density at radius 2 is 1.63 bits per heavy atom. The fraction of sp³-hybridized carbons (Fsp3) is 0.0714. The van der Waals surface area contributed by atoms with E-state index in [0.717, 1.165) is 6.07 Å². The first-order valence-electron chi connectivity index (χ1n) is 5.41. The van der Waals surface area contributed by atoms with Crippen LogP contribution in [0.25, 0.3) is 0 Å². The average Bonchev–Trinajstić information content (AvgIpc) is 2.35. The van der Waals surface area contributed by atoms with Crippen molar-refractivity contribution >= 4 is 29.0 Å². The van der Waals surface area contributed by atoms with E-state index in [2.05, 4.69) is 0 Å². The Balaban J connectivity index is 2.34. The highest BCUT2D eigenvalue weighted by Gasteiger charge is 2.18. The molecule has 1 nitrogen and oxygen atoms in total. The fourth-order valence-electron chi connectivity index (χ4n) is 1.71. The Bertz CT molecular complexity index is 621. The zero-order valence-corrected chi connectivity index (χ0v) is 11.1. The van der Waals surface area contributed by atoms with E-state index < -0.39 is 17.4 Å². The first-order valence-corrected chi connectivity index (χ1v) is 6.16. The summed E-state index contributed by atoms with van der Waals surface area (Å²) in [5.74, 6) is -1.99. The van der Waals surface area contributed by atoms with Crippen molar-refractivity contribution in [1.29, 1.82) is 0 Å². The first kappa shape index (κ1) is 14.0. The monoisotopic (exact) mass is 300 g/mol. The third-order valence-electron chi connectivity index (χ3n) is 2.62. The summed E-state index contributed by atoms with van der Waals surface area (Å²) in [6.45, 7) is 0. The number of halogens is 4. The molecule has 0 N–H and O–H groups in total. The number of Topliss-reactive ketones (excluding diaryl/α,β-unsaturated/α-hetero) is 1. The molecule has 0 atom stereocenters. The summed E-state index contributed by atoms with van der Waals surface area (Å²) in [4.78, 5) is 12.0. The third kappa shape index (κ3) is 2.94. The molecule has 0 bridgehead atoms. The van der Waals surface area contributed by atoms with E-state index in [1.54, 1.807) is 0 Å². The van der Waals surface area contributed by atoms with Gasteiger partial charge in [-0.15, -0.1) is 0 Å². The van der Waals surface area contributed by atoms with Crippen molar-refractivity contribution in [3.63, 3.8) is 0 Å². The van der Waals surface area contributed by atoms with Crippen LogP contribution in [0, 0.1) is 11.6 Å². The van der Waals surface area contributed by atoms with Crippen molar-refractivity contribution in [3.8, 4) is 0 Å². The Morgan fingerprint density at radius 1 is 1.00 bits per heavy atom. The molecular weight excluding hydrogens is 293 g/mol. The molecule has 0 saturated heterocycles. The quantitative estimate of drug-likeness (QED) is 0.751. The molecule has 5 heteroatoms. The van der Waals surface area contributed by atoms with Crippen LogP contribution in [0.3, 0.4) is 0 Å². The van der Waals surface area contributed by atoms with Gasteiger partial charge in [-0.1, -0.05) is 41.4 Å². The van der Waals surface area contributed by atoms with Crippen molar-refractivity contribution in [3.05, 3.63) is 69.2 Å². The molecule has 2 aromatic rings.